The molecule has 0 aliphatic rings. The van der Waals surface area contributed by atoms with Crippen LogP contribution in [-0.2, 0) is 7.05 Å². The van der Waals surface area contributed by atoms with Crippen molar-refractivity contribution in [3.8, 4) is 5.69 Å². The lowest BCUT2D eigenvalue weighted by molar-refractivity contribution is 0.102. The minimum absolute atomic E-state index is 0.233. The van der Waals surface area contributed by atoms with Crippen LogP contribution >= 0.6 is 0 Å². The van der Waals surface area contributed by atoms with Gasteiger partial charge in [-0.15, -0.1) is 0 Å². The molecule has 0 aliphatic carbocycles. The van der Waals surface area contributed by atoms with Crippen LogP contribution in [0.15, 0.2) is 55.5 Å². The Kier molecular flexibility index (Phi) is 3.27. The summed E-state index contributed by atoms with van der Waals surface area (Å²) in [7, 11) is 1.86. The number of carbonyl (C=O) groups excluding carboxylic acids is 1. The van der Waals surface area contributed by atoms with Gasteiger partial charge in [-0.3, -0.25) is 4.79 Å². The first-order chi connectivity index (χ1) is 11.7. The highest BCUT2D eigenvalue weighted by Crippen LogP contribution is 2.15. The predicted molar refractivity (Wildman–Crippen MR) is 87.8 cm³/mol. The highest BCUT2D eigenvalue weighted by molar-refractivity contribution is 6.05. The lowest BCUT2D eigenvalue weighted by atomic mass is 10.2. The van der Waals surface area contributed by atoms with E-state index in [0.717, 1.165) is 11.3 Å². The van der Waals surface area contributed by atoms with E-state index in [1.807, 2.05) is 31.3 Å². The van der Waals surface area contributed by atoms with Crippen LogP contribution in [0, 0.1) is 0 Å². The molecule has 4 aromatic rings. The van der Waals surface area contributed by atoms with Crippen LogP contribution in [0.2, 0.25) is 0 Å². The molecule has 3 aromatic heterocycles. The summed E-state index contributed by atoms with van der Waals surface area (Å²) in [5, 5.41) is 6.90. The molecular formula is C16H13N7O. The Morgan fingerprint density at radius 3 is 2.71 bits per heavy atom. The van der Waals surface area contributed by atoms with Gasteiger partial charge in [0, 0.05) is 18.9 Å². The summed E-state index contributed by atoms with van der Waals surface area (Å²) in [4.78, 5) is 24.8. The van der Waals surface area contributed by atoms with Gasteiger partial charge in [0.25, 0.3) is 5.91 Å². The van der Waals surface area contributed by atoms with Crippen molar-refractivity contribution in [1.82, 2.24) is 29.3 Å². The number of fused-ring (bicyclic) bond motifs is 1. The molecule has 1 amide bonds. The molecule has 0 bridgehead atoms. The van der Waals surface area contributed by atoms with Crippen LogP contribution in [0.4, 0.5) is 5.69 Å². The molecule has 1 aromatic carbocycles. The summed E-state index contributed by atoms with van der Waals surface area (Å²) in [5.41, 5.74) is 3.43. The van der Waals surface area contributed by atoms with Crippen LogP contribution in [0.5, 0.6) is 0 Å². The number of pyridine rings is 1. The number of imidazole rings is 1. The second-order valence-electron chi connectivity index (χ2n) is 5.26. The quantitative estimate of drug-likeness (QED) is 0.622. The zero-order chi connectivity index (χ0) is 16.5. The van der Waals surface area contributed by atoms with Gasteiger partial charge in [-0.2, -0.15) is 5.10 Å². The van der Waals surface area contributed by atoms with E-state index in [0.29, 0.717) is 16.8 Å². The number of hydrogen-bond donors (Lipinski definition) is 1. The molecule has 0 atom stereocenters. The van der Waals surface area contributed by atoms with Crippen molar-refractivity contribution >= 4 is 22.8 Å². The first-order valence-electron chi connectivity index (χ1n) is 7.24. The highest BCUT2D eigenvalue weighted by Gasteiger charge is 2.10. The van der Waals surface area contributed by atoms with Crippen molar-refractivity contribution in [2.45, 2.75) is 0 Å². The maximum Gasteiger partial charge on any atom is 0.257 e. The van der Waals surface area contributed by atoms with Gasteiger partial charge in [-0.05, 0) is 30.3 Å². The fraction of sp³-hybridized carbons (Fsp3) is 0.0625. The number of nitrogens with zero attached hydrogens (tertiary/aromatic N) is 6. The Bertz CT molecular complexity index is 1000. The van der Waals surface area contributed by atoms with E-state index < -0.39 is 0 Å². The second kappa shape index (κ2) is 5.58. The largest absolute Gasteiger partial charge is 0.322 e. The van der Waals surface area contributed by atoms with Gasteiger partial charge >= 0.3 is 0 Å². The Balaban J connectivity index is 1.54. The van der Waals surface area contributed by atoms with Gasteiger partial charge in [0.05, 0.1) is 17.6 Å². The first kappa shape index (κ1) is 14.1. The SMILES string of the molecule is Cn1cnc2cc(C(=O)Nc3ccc(-n4cncn4)cc3)cnc21. The van der Waals surface area contributed by atoms with E-state index in [1.54, 1.807) is 34.2 Å². The van der Waals surface area contributed by atoms with E-state index >= 15 is 0 Å². The van der Waals surface area contributed by atoms with Crippen LogP contribution < -0.4 is 5.32 Å². The molecule has 8 nitrogen and oxygen atoms in total. The average molecular weight is 319 g/mol. The molecule has 0 saturated carbocycles. The highest BCUT2D eigenvalue weighted by atomic mass is 16.1. The lowest BCUT2D eigenvalue weighted by Gasteiger charge is -2.06. The molecule has 8 heteroatoms. The fourth-order valence-electron chi connectivity index (χ4n) is 2.38. The average Bonchev–Trinajstić information content (AvgIpc) is 3.26. The zero-order valence-corrected chi connectivity index (χ0v) is 12.8. The van der Waals surface area contributed by atoms with Gasteiger partial charge in [0.1, 0.15) is 18.2 Å². The third-order valence-electron chi connectivity index (χ3n) is 3.62. The van der Waals surface area contributed by atoms with Crippen LogP contribution in [-0.4, -0.2) is 35.2 Å². The Morgan fingerprint density at radius 1 is 1.12 bits per heavy atom. The zero-order valence-electron chi connectivity index (χ0n) is 12.8. The van der Waals surface area contributed by atoms with Gasteiger partial charge in [-0.25, -0.2) is 19.6 Å². The van der Waals surface area contributed by atoms with Crippen LogP contribution in [0.1, 0.15) is 10.4 Å². The van der Waals surface area contributed by atoms with E-state index in [-0.39, 0.29) is 5.91 Å². The number of rotatable bonds is 3. The van der Waals surface area contributed by atoms with Crippen molar-refractivity contribution in [2.24, 2.45) is 7.05 Å². The van der Waals surface area contributed by atoms with Crippen LogP contribution in [0.3, 0.4) is 0 Å². The molecule has 0 spiro atoms. The minimum Gasteiger partial charge on any atom is -0.322 e. The molecule has 0 fully saturated rings. The van der Waals surface area contributed by atoms with Crippen molar-refractivity contribution in [3.63, 3.8) is 0 Å². The van der Waals surface area contributed by atoms with Crippen LogP contribution in [0.25, 0.3) is 16.9 Å². The van der Waals surface area contributed by atoms with E-state index in [4.69, 9.17) is 0 Å². The minimum atomic E-state index is -0.233. The normalized spacial score (nSPS) is 10.9. The molecule has 0 radical (unpaired) electrons. The molecule has 4 rings (SSSR count). The summed E-state index contributed by atoms with van der Waals surface area (Å²) in [5.74, 6) is -0.233. The molecule has 3 heterocycles. The number of amides is 1. The first-order valence-corrected chi connectivity index (χ1v) is 7.24. The Morgan fingerprint density at radius 2 is 1.96 bits per heavy atom. The molecule has 118 valence electrons. The number of aryl methyl sites for hydroxylation is 1. The number of nitrogens with one attached hydrogen (secondary N) is 1. The molecule has 0 unspecified atom stereocenters. The number of benzene rings is 1. The van der Waals surface area contributed by atoms with Crippen molar-refractivity contribution in [3.05, 3.63) is 61.1 Å². The molecule has 0 saturated heterocycles. The molecule has 1 N–H and O–H groups in total. The fourth-order valence-corrected chi connectivity index (χ4v) is 2.38. The molecule has 0 aliphatic heterocycles. The lowest BCUT2D eigenvalue weighted by Crippen LogP contribution is -2.12. The monoisotopic (exact) mass is 319 g/mol. The standard InChI is InChI=1S/C16H13N7O/c1-22-10-19-14-6-11(7-18-15(14)22)16(24)21-12-2-4-13(5-3-12)23-9-17-8-20-23/h2-10H,1H3,(H,21,24). The smallest absolute Gasteiger partial charge is 0.257 e. The summed E-state index contributed by atoms with van der Waals surface area (Å²) < 4.78 is 3.45. The van der Waals surface area contributed by atoms with Crippen molar-refractivity contribution in [1.29, 1.82) is 0 Å². The van der Waals surface area contributed by atoms with Crippen molar-refractivity contribution < 1.29 is 4.79 Å². The third kappa shape index (κ3) is 2.50. The summed E-state index contributed by atoms with van der Waals surface area (Å²) in [6.07, 6.45) is 6.29. The van der Waals surface area contributed by atoms with Gasteiger partial charge < -0.3 is 9.88 Å². The van der Waals surface area contributed by atoms with E-state index in [2.05, 4.69) is 25.4 Å². The topological polar surface area (TPSA) is 90.5 Å². The summed E-state index contributed by atoms with van der Waals surface area (Å²) in [6.45, 7) is 0. The number of aromatic nitrogens is 6. The second-order valence-corrected chi connectivity index (χ2v) is 5.26. The third-order valence-corrected chi connectivity index (χ3v) is 3.62. The molecule has 24 heavy (non-hydrogen) atoms. The number of carbonyl (C=O) groups is 1. The number of anilines is 1. The van der Waals surface area contributed by atoms with E-state index in [9.17, 15) is 4.79 Å². The summed E-state index contributed by atoms with van der Waals surface area (Å²) in [6, 6.07) is 9.04. The Labute approximate surface area is 136 Å². The van der Waals surface area contributed by atoms with Crippen molar-refractivity contribution in [2.75, 3.05) is 5.32 Å². The molecular weight excluding hydrogens is 306 g/mol. The maximum atomic E-state index is 12.4. The summed E-state index contributed by atoms with van der Waals surface area (Å²) >= 11 is 0. The van der Waals surface area contributed by atoms with Gasteiger partial charge in [0.2, 0.25) is 0 Å². The van der Waals surface area contributed by atoms with Gasteiger partial charge in [0.15, 0.2) is 5.65 Å². The maximum absolute atomic E-state index is 12.4. The van der Waals surface area contributed by atoms with Gasteiger partial charge in [-0.1, -0.05) is 0 Å². The Hall–Kier alpha value is -3.55. The van der Waals surface area contributed by atoms with E-state index in [1.165, 1.54) is 6.33 Å². The predicted octanol–water partition coefficient (Wildman–Crippen LogP) is 1.80. The number of hydrogen-bond acceptors (Lipinski definition) is 5.